The lowest BCUT2D eigenvalue weighted by Crippen LogP contribution is -2.21. The molecule has 1 aliphatic heterocycles. The molecule has 0 radical (unpaired) electrons. The predicted molar refractivity (Wildman–Crippen MR) is 67.0 cm³/mol. The number of carbonyl (C=O) groups is 2. The van der Waals surface area contributed by atoms with Crippen molar-refractivity contribution in [3.8, 4) is 5.75 Å². The Kier molecular flexibility index (Phi) is 2.34. The standard InChI is InChI=1S/C15H16O3/c1-7-4-10-13(11(16)5-7)8(2)6-12-14(10)9(3)15(17)18-12/h6-7,9H,4-5H2,1-3H3/t7-,9+/m1/s1. The summed E-state index contributed by atoms with van der Waals surface area (Å²) < 4.78 is 5.29. The van der Waals surface area contributed by atoms with Gasteiger partial charge in [0.15, 0.2) is 5.78 Å². The zero-order valence-electron chi connectivity index (χ0n) is 10.9. The van der Waals surface area contributed by atoms with Crippen molar-refractivity contribution in [3.05, 3.63) is 28.3 Å². The number of hydrogen-bond acceptors (Lipinski definition) is 3. The quantitative estimate of drug-likeness (QED) is 0.520. The van der Waals surface area contributed by atoms with Crippen LogP contribution < -0.4 is 4.74 Å². The van der Waals surface area contributed by atoms with Crippen LogP contribution in [0.2, 0.25) is 0 Å². The van der Waals surface area contributed by atoms with Gasteiger partial charge in [-0.05, 0) is 43.4 Å². The minimum Gasteiger partial charge on any atom is -0.426 e. The van der Waals surface area contributed by atoms with E-state index >= 15 is 0 Å². The van der Waals surface area contributed by atoms with Crippen LogP contribution in [0.15, 0.2) is 6.07 Å². The van der Waals surface area contributed by atoms with Gasteiger partial charge in [-0.3, -0.25) is 9.59 Å². The van der Waals surface area contributed by atoms with Crippen LogP contribution in [0.25, 0.3) is 0 Å². The van der Waals surface area contributed by atoms with Crippen molar-refractivity contribution in [2.24, 2.45) is 5.92 Å². The topological polar surface area (TPSA) is 43.4 Å². The monoisotopic (exact) mass is 244 g/mol. The van der Waals surface area contributed by atoms with Gasteiger partial charge < -0.3 is 4.74 Å². The highest BCUT2D eigenvalue weighted by Gasteiger charge is 2.37. The number of benzene rings is 1. The number of Topliss-reactive ketones (excluding diaryl/α,β-unsaturated/α-hetero) is 1. The Labute approximate surface area is 106 Å². The van der Waals surface area contributed by atoms with Gasteiger partial charge >= 0.3 is 5.97 Å². The molecule has 3 heteroatoms. The lowest BCUT2D eigenvalue weighted by Gasteiger charge is -2.24. The number of ketones is 1. The normalized spacial score (nSPS) is 25.7. The van der Waals surface area contributed by atoms with E-state index in [4.69, 9.17) is 4.74 Å². The molecule has 0 spiro atoms. The fourth-order valence-electron chi connectivity index (χ4n) is 3.18. The molecule has 2 atom stereocenters. The van der Waals surface area contributed by atoms with E-state index in [1.54, 1.807) is 0 Å². The first kappa shape index (κ1) is 11.5. The summed E-state index contributed by atoms with van der Waals surface area (Å²) in [6.45, 7) is 5.86. The maximum absolute atomic E-state index is 12.2. The maximum Gasteiger partial charge on any atom is 0.318 e. The highest BCUT2D eigenvalue weighted by molar-refractivity contribution is 6.02. The fourth-order valence-corrected chi connectivity index (χ4v) is 3.18. The van der Waals surface area contributed by atoms with Crippen molar-refractivity contribution in [1.82, 2.24) is 0 Å². The number of carbonyl (C=O) groups excluding carboxylic acids is 2. The molecule has 0 aromatic heterocycles. The third-order valence-corrected chi connectivity index (χ3v) is 4.00. The average Bonchev–Trinajstić information content (AvgIpc) is 2.53. The van der Waals surface area contributed by atoms with E-state index in [1.165, 1.54) is 0 Å². The number of fused-ring (bicyclic) bond motifs is 3. The molecule has 2 aliphatic rings. The van der Waals surface area contributed by atoms with E-state index in [2.05, 4.69) is 6.92 Å². The lowest BCUT2D eigenvalue weighted by atomic mass is 9.77. The van der Waals surface area contributed by atoms with Crippen molar-refractivity contribution < 1.29 is 14.3 Å². The highest BCUT2D eigenvalue weighted by Crippen LogP contribution is 2.43. The third-order valence-electron chi connectivity index (χ3n) is 4.00. The number of hydrogen-bond donors (Lipinski definition) is 0. The first-order valence-electron chi connectivity index (χ1n) is 6.40. The number of rotatable bonds is 0. The summed E-state index contributed by atoms with van der Waals surface area (Å²) >= 11 is 0. The molecule has 3 rings (SSSR count). The van der Waals surface area contributed by atoms with Gasteiger partial charge in [-0.2, -0.15) is 0 Å². The van der Waals surface area contributed by atoms with E-state index in [9.17, 15) is 9.59 Å². The van der Waals surface area contributed by atoms with E-state index in [1.807, 2.05) is 19.9 Å². The molecule has 18 heavy (non-hydrogen) atoms. The number of ether oxygens (including phenoxy) is 1. The van der Waals surface area contributed by atoms with Gasteiger partial charge in [-0.15, -0.1) is 0 Å². The van der Waals surface area contributed by atoms with E-state index < -0.39 is 0 Å². The molecule has 0 N–H and O–H groups in total. The van der Waals surface area contributed by atoms with Crippen molar-refractivity contribution >= 4 is 11.8 Å². The van der Waals surface area contributed by atoms with Crippen LogP contribution in [-0.2, 0) is 11.2 Å². The summed E-state index contributed by atoms with van der Waals surface area (Å²) in [5.74, 6) is 0.760. The molecule has 0 amide bonds. The van der Waals surface area contributed by atoms with Crippen LogP contribution in [0.3, 0.4) is 0 Å². The Balaban J connectivity index is 2.28. The Morgan fingerprint density at radius 2 is 1.94 bits per heavy atom. The minimum atomic E-state index is -0.243. The fraction of sp³-hybridized carbons (Fsp3) is 0.467. The zero-order valence-corrected chi connectivity index (χ0v) is 10.9. The molecule has 3 nitrogen and oxygen atoms in total. The van der Waals surface area contributed by atoms with Gasteiger partial charge in [0.2, 0.25) is 0 Å². The molecule has 1 aromatic carbocycles. The first-order chi connectivity index (χ1) is 8.49. The first-order valence-corrected chi connectivity index (χ1v) is 6.40. The van der Waals surface area contributed by atoms with E-state index in [0.29, 0.717) is 18.1 Å². The van der Waals surface area contributed by atoms with Crippen molar-refractivity contribution in [2.45, 2.75) is 39.5 Å². The Morgan fingerprint density at radius 3 is 2.67 bits per heavy atom. The van der Waals surface area contributed by atoms with Crippen LogP contribution in [0.1, 0.15) is 53.2 Å². The van der Waals surface area contributed by atoms with Gasteiger partial charge in [0, 0.05) is 17.5 Å². The SMILES string of the molecule is Cc1cc2c(c3c1C(=O)C[C@H](C)C3)[C@H](C)C(=O)O2. The van der Waals surface area contributed by atoms with Crippen molar-refractivity contribution in [1.29, 1.82) is 0 Å². The Bertz CT molecular complexity index is 572. The number of esters is 1. The molecule has 1 heterocycles. The highest BCUT2D eigenvalue weighted by atomic mass is 16.5. The summed E-state index contributed by atoms with van der Waals surface area (Å²) in [6, 6.07) is 1.84. The largest absolute Gasteiger partial charge is 0.426 e. The van der Waals surface area contributed by atoms with Crippen molar-refractivity contribution in [3.63, 3.8) is 0 Å². The van der Waals surface area contributed by atoms with Crippen LogP contribution >= 0.6 is 0 Å². The summed E-state index contributed by atoms with van der Waals surface area (Å²) in [6.07, 6.45) is 1.47. The Morgan fingerprint density at radius 1 is 1.22 bits per heavy atom. The third kappa shape index (κ3) is 1.43. The predicted octanol–water partition coefficient (Wildman–Crippen LogP) is 2.78. The van der Waals surface area contributed by atoms with Gasteiger partial charge in [0.05, 0.1) is 5.92 Å². The summed E-state index contributed by atoms with van der Waals surface area (Å²) in [5.41, 5.74) is 3.76. The smallest absolute Gasteiger partial charge is 0.318 e. The molecule has 0 fully saturated rings. The average molecular weight is 244 g/mol. The molecular weight excluding hydrogens is 228 g/mol. The number of aryl methyl sites for hydroxylation is 1. The minimum absolute atomic E-state index is 0.204. The zero-order chi connectivity index (χ0) is 13.0. The second kappa shape index (κ2) is 3.67. The van der Waals surface area contributed by atoms with Crippen molar-refractivity contribution in [2.75, 3.05) is 0 Å². The van der Waals surface area contributed by atoms with Gasteiger partial charge in [-0.1, -0.05) is 6.92 Å². The molecular formula is C15H16O3. The maximum atomic E-state index is 12.2. The summed E-state index contributed by atoms with van der Waals surface area (Å²) in [5, 5.41) is 0. The molecule has 0 saturated carbocycles. The van der Waals surface area contributed by atoms with Crippen LogP contribution in [0.4, 0.5) is 0 Å². The molecule has 0 saturated heterocycles. The summed E-state index contributed by atoms with van der Waals surface area (Å²) in [4.78, 5) is 23.9. The van der Waals surface area contributed by atoms with Crippen LogP contribution in [0, 0.1) is 12.8 Å². The van der Waals surface area contributed by atoms with Gasteiger partial charge in [-0.25, -0.2) is 0 Å². The second-order valence-corrected chi connectivity index (χ2v) is 5.54. The summed E-state index contributed by atoms with van der Waals surface area (Å²) in [7, 11) is 0. The molecule has 0 bridgehead atoms. The van der Waals surface area contributed by atoms with Crippen LogP contribution in [-0.4, -0.2) is 11.8 Å². The van der Waals surface area contributed by atoms with Crippen LogP contribution in [0.5, 0.6) is 5.75 Å². The molecule has 1 aliphatic carbocycles. The van der Waals surface area contributed by atoms with Gasteiger partial charge in [0.1, 0.15) is 5.75 Å². The lowest BCUT2D eigenvalue weighted by molar-refractivity contribution is -0.133. The van der Waals surface area contributed by atoms with Gasteiger partial charge in [0.25, 0.3) is 0 Å². The van der Waals surface area contributed by atoms with E-state index in [0.717, 1.165) is 28.7 Å². The molecule has 0 unspecified atom stereocenters. The van der Waals surface area contributed by atoms with E-state index in [-0.39, 0.29) is 17.7 Å². The Hall–Kier alpha value is -1.64. The molecule has 94 valence electrons. The molecule has 1 aromatic rings. The second-order valence-electron chi connectivity index (χ2n) is 5.54.